The molecule has 0 saturated carbocycles. The molecule has 0 spiro atoms. The average molecular weight is 268 g/mol. The Balaban J connectivity index is 2.64. The number of nitrogens with zero attached hydrogens (tertiary/aromatic N) is 1. The van der Waals surface area contributed by atoms with Crippen molar-refractivity contribution in [1.29, 1.82) is 0 Å². The van der Waals surface area contributed by atoms with E-state index in [0.29, 0.717) is 0 Å². The van der Waals surface area contributed by atoms with Gasteiger partial charge < -0.3 is 9.67 Å². The molecule has 2 rings (SSSR count). The van der Waals surface area contributed by atoms with Gasteiger partial charge in [0.05, 0.1) is 0 Å². The lowest BCUT2D eigenvalue weighted by molar-refractivity contribution is 0.300. The van der Waals surface area contributed by atoms with Gasteiger partial charge in [0.25, 0.3) is 0 Å². The van der Waals surface area contributed by atoms with Gasteiger partial charge in [0, 0.05) is 34.7 Å². The van der Waals surface area contributed by atoms with Crippen molar-refractivity contribution in [2.45, 2.75) is 19.9 Å². The highest BCUT2D eigenvalue weighted by atomic mass is 79.9. The summed E-state index contributed by atoms with van der Waals surface area (Å²) in [5.41, 5.74) is 2.46. The van der Waals surface area contributed by atoms with E-state index in [4.69, 9.17) is 5.11 Å². The fourth-order valence-corrected chi connectivity index (χ4v) is 2.29. The van der Waals surface area contributed by atoms with Crippen LogP contribution in [0.2, 0.25) is 0 Å². The topological polar surface area (TPSA) is 25.2 Å². The number of aliphatic hydroxyl groups is 1. The van der Waals surface area contributed by atoms with Gasteiger partial charge in [0.1, 0.15) is 0 Å². The lowest BCUT2D eigenvalue weighted by Crippen LogP contribution is -1.91. The van der Waals surface area contributed by atoms with Crippen LogP contribution in [0.1, 0.15) is 12.5 Å². The normalized spacial score (nSPS) is 11.1. The van der Waals surface area contributed by atoms with Crippen molar-refractivity contribution in [3.05, 3.63) is 34.4 Å². The molecule has 0 amide bonds. The molecule has 0 fully saturated rings. The highest BCUT2D eigenvalue weighted by molar-refractivity contribution is 9.10. The molecule has 1 aromatic heterocycles. The van der Waals surface area contributed by atoms with Gasteiger partial charge in [-0.1, -0.05) is 15.9 Å². The standard InChI is InChI=1S/C12H14BrNO/c1-2-14-8-9(5-6-15)11-7-10(13)3-4-12(11)14/h3-4,7-8,15H,2,5-6H2,1H3. The maximum atomic E-state index is 9.01. The zero-order valence-electron chi connectivity index (χ0n) is 8.70. The van der Waals surface area contributed by atoms with Gasteiger partial charge in [0.15, 0.2) is 0 Å². The van der Waals surface area contributed by atoms with Crippen molar-refractivity contribution in [3.8, 4) is 0 Å². The molecule has 0 bridgehead atoms. The minimum atomic E-state index is 0.204. The molecule has 1 aromatic carbocycles. The van der Waals surface area contributed by atoms with E-state index in [1.54, 1.807) is 0 Å². The van der Waals surface area contributed by atoms with Crippen molar-refractivity contribution < 1.29 is 5.11 Å². The zero-order chi connectivity index (χ0) is 10.8. The summed E-state index contributed by atoms with van der Waals surface area (Å²) in [5.74, 6) is 0. The third-order valence-electron chi connectivity index (χ3n) is 2.65. The third-order valence-corrected chi connectivity index (χ3v) is 3.14. The molecule has 1 heterocycles. The second-order valence-corrected chi connectivity index (χ2v) is 4.49. The van der Waals surface area contributed by atoms with Gasteiger partial charge >= 0.3 is 0 Å². The Kier molecular flexibility index (Phi) is 3.12. The summed E-state index contributed by atoms with van der Waals surface area (Å²) >= 11 is 3.48. The van der Waals surface area contributed by atoms with Crippen LogP contribution in [-0.4, -0.2) is 16.3 Å². The Labute approximate surface area is 97.7 Å². The minimum absolute atomic E-state index is 0.204. The lowest BCUT2D eigenvalue weighted by Gasteiger charge is -1.99. The molecule has 3 heteroatoms. The van der Waals surface area contributed by atoms with E-state index in [9.17, 15) is 0 Å². The van der Waals surface area contributed by atoms with Crippen LogP contribution in [0, 0.1) is 0 Å². The maximum absolute atomic E-state index is 9.01. The van der Waals surface area contributed by atoms with Crippen LogP contribution in [0.3, 0.4) is 0 Å². The Morgan fingerprint density at radius 2 is 2.20 bits per heavy atom. The molecular formula is C12H14BrNO. The summed E-state index contributed by atoms with van der Waals surface area (Å²) < 4.78 is 3.30. The first-order valence-corrected chi connectivity index (χ1v) is 5.93. The van der Waals surface area contributed by atoms with Gasteiger partial charge in [-0.05, 0) is 37.1 Å². The molecule has 0 aliphatic heterocycles. The lowest BCUT2D eigenvalue weighted by atomic mass is 10.1. The number of hydrogen-bond donors (Lipinski definition) is 1. The predicted molar refractivity (Wildman–Crippen MR) is 66.1 cm³/mol. The Bertz CT molecular complexity index is 476. The van der Waals surface area contributed by atoms with Crippen LogP contribution in [-0.2, 0) is 13.0 Å². The summed E-state index contributed by atoms with van der Waals surface area (Å²) in [6, 6.07) is 6.29. The molecule has 0 saturated heterocycles. The molecule has 0 aliphatic carbocycles. The molecule has 2 nitrogen and oxygen atoms in total. The Morgan fingerprint density at radius 3 is 2.87 bits per heavy atom. The van der Waals surface area contributed by atoms with Crippen LogP contribution in [0.4, 0.5) is 0 Å². The summed E-state index contributed by atoms with van der Waals surface area (Å²) in [7, 11) is 0. The fourth-order valence-electron chi connectivity index (χ4n) is 1.92. The second-order valence-electron chi connectivity index (χ2n) is 3.58. The van der Waals surface area contributed by atoms with Crippen molar-refractivity contribution in [3.63, 3.8) is 0 Å². The summed E-state index contributed by atoms with van der Waals surface area (Å²) in [6.07, 6.45) is 2.85. The first-order valence-electron chi connectivity index (χ1n) is 5.14. The number of rotatable bonds is 3. The average Bonchev–Trinajstić information content (AvgIpc) is 2.57. The molecule has 80 valence electrons. The van der Waals surface area contributed by atoms with Crippen molar-refractivity contribution in [2.75, 3.05) is 6.61 Å². The fraction of sp³-hybridized carbons (Fsp3) is 0.333. The van der Waals surface area contributed by atoms with Gasteiger partial charge in [-0.15, -0.1) is 0 Å². The van der Waals surface area contributed by atoms with E-state index >= 15 is 0 Å². The van der Waals surface area contributed by atoms with E-state index in [0.717, 1.165) is 17.4 Å². The number of halogens is 1. The zero-order valence-corrected chi connectivity index (χ0v) is 10.3. The number of aromatic nitrogens is 1. The summed E-state index contributed by atoms with van der Waals surface area (Å²) in [6.45, 7) is 3.29. The van der Waals surface area contributed by atoms with E-state index in [-0.39, 0.29) is 6.61 Å². The van der Waals surface area contributed by atoms with Crippen LogP contribution in [0.25, 0.3) is 10.9 Å². The van der Waals surface area contributed by atoms with E-state index in [1.165, 1.54) is 16.5 Å². The quantitative estimate of drug-likeness (QED) is 0.909. The monoisotopic (exact) mass is 267 g/mol. The molecule has 15 heavy (non-hydrogen) atoms. The van der Waals surface area contributed by atoms with Crippen LogP contribution in [0.5, 0.6) is 0 Å². The van der Waals surface area contributed by atoms with Crippen molar-refractivity contribution >= 4 is 26.8 Å². The van der Waals surface area contributed by atoms with Gasteiger partial charge in [-0.2, -0.15) is 0 Å². The van der Waals surface area contributed by atoms with E-state index in [2.05, 4.69) is 51.8 Å². The van der Waals surface area contributed by atoms with Gasteiger partial charge in [-0.3, -0.25) is 0 Å². The van der Waals surface area contributed by atoms with Crippen LogP contribution in [0.15, 0.2) is 28.9 Å². The third kappa shape index (κ3) is 1.94. The number of aryl methyl sites for hydroxylation is 1. The minimum Gasteiger partial charge on any atom is -0.396 e. The van der Waals surface area contributed by atoms with Gasteiger partial charge in [-0.25, -0.2) is 0 Å². The van der Waals surface area contributed by atoms with Gasteiger partial charge in [0.2, 0.25) is 0 Å². The van der Waals surface area contributed by atoms with E-state index in [1.807, 2.05) is 0 Å². The largest absolute Gasteiger partial charge is 0.396 e. The number of hydrogen-bond acceptors (Lipinski definition) is 1. The number of benzene rings is 1. The Hall–Kier alpha value is -0.800. The number of fused-ring (bicyclic) bond motifs is 1. The second kappa shape index (κ2) is 4.37. The SMILES string of the molecule is CCn1cc(CCO)c2cc(Br)ccc21. The molecular weight excluding hydrogens is 254 g/mol. The molecule has 0 atom stereocenters. The smallest absolute Gasteiger partial charge is 0.0483 e. The molecule has 0 radical (unpaired) electrons. The molecule has 1 N–H and O–H groups in total. The maximum Gasteiger partial charge on any atom is 0.0483 e. The first kappa shape index (κ1) is 10.7. The highest BCUT2D eigenvalue weighted by Gasteiger charge is 2.07. The summed E-state index contributed by atoms with van der Waals surface area (Å²) in [5, 5.41) is 10.2. The van der Waals surface area contributed by atoms with E-state index < -0.39 is 0 Å². The Morgan fingerprint density at radius 1 is 1.40 bits per heavy atom. The van der Waals surface area contributed by atoms with Crippen LogP contribution < -0.4 is 0 Å². The molecule has 2 aromatic rings. The predicted octanol–water partition coefficient (Wildman–Crippen LogP) is 2.96. The number of aliphatic hydroxyl groups excluding tert-OH is 1. The first-order chi connectivity index (χ1) is 7.26. The summed E-state index contributed by atoms with van der Waals surface area (Å²) in [4.78, 5) is 0. The van der Waals surface area contributed by atoms with Crippen molar-refractivity contribution in [1.82, 2.24) is 4.57 Å². The molecule has 0 unspecified atom stereocenters. The highest BCUT2D eigenvalue weighted by Crippen LogP contribution is 2.25. The van der Waals surface area contributed by atoms with Crippen molar-refractivity contribution in [2.24, 2.45) is 0 Å². The molecule has 0 aliphatic rings. The van der Waals surface area contributed by atoms with Crippen LogP contribution >= 0.6 is 15.9 Å².